The standard InChI is InChI=1S/C14H7BrF8N4O3/c1-27-8(10(28)25-6-2-4(11(29)30)5(15)3-24-6)7(13(18,19)20)9(26-27)12(16,17)14(21,22)23/h2-3H,1H3,(H,29,30)(H,24,25,28). The molecule has 0 bridgehead atoms. The maximum atomic E-state index is 13.6. The number of nitrogens with zero attached hydrogens (tertiary/aromatic N) is 3. The Morgan fingerprint density at radius 3 is 2.17 bits per heavy atom. The van der Waals surface area contributed by atoms with E-state index in [1.54, 1.807) is 5.32 Å². The second-order valence-electron chi connectivity index (χ2n) is 5.57. The quantitative estimate of drug-likeness (QED) is 0.601. The molecule has 0 saturated heterocycles. The average molecular weight is 511 g/mol. The van der Waals surface area contributed by atoms with Gasteiger partial charge in [-0.05, 0) is 22.0 Å². The summed E-state index contributed by atoms with van der Waals surface area (Å²) in [6.07, 6.45) is -11.4. The number of aromatic carboxylic acids is 1. The van der Waals surface area contributed by atoms with Crippen LogP contribution in [0.3, 0.4) is 0 Å². The Balaban J connectivity index is 2.61. The van der Waals surface area contributed by atoms with E-state index in [2.05, 4.69) is 26.0 Å². The monoisotopic (exact) mass is 510 g/mol. The molecular weight excluding hydrogens is 504 g/mol. The molecule has 0 atom stereocenters. The van der Waals surface area contributed by atoms with Crippen LogP contribution in [0.5, 0.6) is 0 Å². The number of rotatable bonds is 4. The largest absolute Gasteiger partial charge is 0.478 e. The maximum absolute atomic E-state index is 13.6. The molecule has 0 radical (unpaired) electrons. The molecule has 30 heavy (non-hydrogen) atoms. The lowest BCUT2D eigenvalue weighted by Crippen LogP contribution is -2.36. The Hall–Kier alpha value is -2.78. The number of alkyl halides is 8. The highest BCUT2D eigenvalue weighted by molar-refractivity contribution is 9.10. The van der Waals surface area contributed by atoms with Crippen molar-refractivity contribution in [3.63, 3.8) is 0 Å². The molecule has 2 N–H and O–H groups in total. The Kier molecular flexibility index (Phi) is 5.86. The number of carboxylic acid groups (broad SMARTS) is 1. The number of aryl methyl sites for hydroxylation is 1. The first kappa shape index (κ1) is 23.5. The predicted molar refractivity (Wildman–Crippen MR) is 85.0 cm³/mol. The van der Waals surface area contributed by atoms with Gasteiger partial charge in [0.2, 0.25) is 0 Å². The SMILES string of the molecule is Cn1nc(C(F)(F)C(F)(F)F)c(C(F)(F)F)c1C(=O)Nc1cc(C(=O)O)c(Br)cn1. The van der Waals surface area contributed by atoms with Crippen LogP contribution in [-0.2, 0) is 19.1 Å². The van der Waals surface area contributed by atoms with Gasteiger partial charge in [-0.2, -0.15) is 40.2 Å². The van der Waals surface area contributed by atoms with Crippen LogP contribution in [0.15, 0.2) is 16.7 Å². The third-order valence-corrected chi connectivity index (χ3v) is 4.16. The molecular formula is C14H7BrF8N4O3. The topological polar surface area (TPSA) is 97.1 Å². The van der Waals surface area contributed by atoms with Gasteiger partial charge in [0.05, 0.1) is 10.0 Å². The van der Waals surface area contributed by atoms with Gasteiger partial charge >= 0.3 is 24.2 Å². The van der Waals surface area contributed by atoms with E-state index in [1.807, 2.05) is 0 Å². The molecule has 2 aromatic rings. The first-order valence-electron chi connectivity index (χ1n) is 7.27. The molecule has 2 heterocycles. The molecule has 164 valence electrons. The summed E-state index contributed by atoms with van der Waals surface area (Å²) in [5, 5.41) is 13.3. The summed E-state index contributed by atoms with van der Waals surface area (Å²) in [5.74, 6) is -9.93. The Morgan fingerprint density at radius 1 is 1.13 bits per heavy atom. The highest BCUT2D eigenvalue weighted by Gasteiger charge is 2.64. The summed E-state index contributed by atoms with van der Waals surface area (Å²) in [6, 6.07) is 0.721. The lowest BCUT2D eigenvalue weighted by Gasteiger charge is -2.19. The molecule has 16 heteroatoms. The third kappa shape index (κ3) is 4.22. The first-order valence-corrected chi connectivity index (χ1v) is 8.07. The summed E-state index contributed by atoms with van der Waals surface area (Å²) in [4.78, 5) is 26.8. The summed E-state index contributed by atoms with van der Waals surface area (Å²) < 4.78 is 105. The van der Waals surface area contributed by atoms with Gasteiger partial charge in [-0.15, -0.1) is 0 Å². The van der Waals surface area contributed by atoms with Crippen LogP contribution in [0.1, 0.15) is 32.1 Å². The van der Waals surface area contributed by atoms with Crippen LogP contribution in [0.25, 0.3) is 0 Å². The normalized spacial score (nSPS) is 12.7. The van der Waals surface area contributed by atoms with Crippen molar-refractivity contribution in [1.82, 2.24) is 14.8 Å². The van der Waals surface area contributed by atoms with Crippen molar-refractivity contribution in [2.75, 3.05) is 5.32 Å². The zero-order chi connectivity index (χ0) is 23.2. The number of hydrogen-bond donors (Lipinski definition) is 2. The van der Waals surface area contributed by atoms with Crippen LogP contribution in [-0.4, -0.2) is 37.9 Å². The minimum atomic E-state index is -6.42. The van der Waals surface area contributed by atoms with E-state index >= 15 is 0 Å². The Bertz CT molecular complexity index is 1020. The van der Waals surface area contributed by atoms with Crippen molar-refractivity contribution >= 4 is 33.6 Å². The lowest BCUT2D eigenvalue weighted by molar-refractivity contribution is -0.292. The van der Waals surface area contributed by atoms with E-state index in [1.165, 1.54) is 0 Å². The van der Waals surface area contributed by atoms with E-state index in [0.717, 1.165) is 12.3 Å². The minimum Gasteiger partial charge on any atom is -0.478 e. The highest BCUT2D eigenvalue weighted by atomic mass is 79.9. The van der Waals surface area contributed by atoms with Crippen LogP contribution in [0.4, 0.5) is 40.9 Å². The van der Waals surface area contributed by atoms with E-state index in [-0.39, 0.29) is 9.15 Å². The molecule has 0 aliphatic heterocycles. The fourth-order valence-electron chi connectivity index (χ4n) is 2.25. The Morgan fingerprint density at radius 2 is 1.70 bits per heavy atom. The van der Waals surface area contributed by atoms with Crippen molar-refractivity contribution < 1.29 is 49.8 Å². The van der Waals surface area contributed by atoms with Crippen LogP contribution >= 0.6 is 15.9 Å². The summed E-state index contributed by atoms with van der Waals surface area (Å²) in [7, 11) is 0.553. The van der Waals surface area contributed by atoms with Crippen molar-refractivity contribution in [2.24, 2.45) is 7.05 Å². The second kappa shape index (κ2) is 7.48. The smallest absolute Gasteiger partial charge is 0.459 e. The summed E-state index contributed by atoms with van der Waals surface area (Å²) in [6.45, 7) is 0. The number of nitrogens with one attached hydrogen (secondary N) is 1. The van der Waals surface area contributed by atoms with Gasteiger partial charge in [0.15, 0.2) is 5.69 Å². The maximum Gasteiger partial charge on any atom is 0.459 e. The summed E-state index contributed by atoms with van der Waals surface area (Å²) >= 11 is 2.83. The van der Waals surface area contributed by atoms with Gasteiger partial charge in [-0.3, -0.25) is 9.48 Å². The number of amides is 1. The van der Waals surface area contributed by atoms with E-state index < -0.39 is 58.5 Å². The predicted octanol–water partition coefficient (Wildman–Crippen LogP) is 4.20. The summed E-state index contributed by atoms with van der Waals surface area (Å²) in [5.41, 5.74) is -7.43. The zero-order valence-corrected chi connectivity index (χ0v) is 15.7. The number of halogens is 9. The molecule has 0 aliphatic rings. The van der Waals surface area contributed by atoms with Gasteiger partial charge in [0, 0.05) is 13.2 Å². The molecule has 0 aliphatic carbocycles. The van der Waals surface area contributed by atoms with Crippen LogP contribution < -0.4 is 5.32 Å². The van der Waals surface area contributed by atoms with Gasteiger partial charge in [-0.1, -0.05) is 0 Å². The fourth-order valence-corrected chi connectivity index (χ4v) is 2.64. The van der Waals surface area contributed by atoms with E-state index in [9.17, 15) is 44.7 Å². The van der Waals surface area contributed by atoms with Gasteiger partial charge in [0.1, 0.15) is 17.1 Å². The lowest BCUT2D eigenvalue weighted by atomic mass is 10.1. The van der Waals surface area contributed by atoms with Crippen molar-refractivity contribution in [2.45, 2.75) is 18.3 Å². The zero-order valence-electron chi connectivity index (χ0n) is 14.2. The third-order valence-electron chi connectivity index (χ3n) is 3.53. The number of carboxylic acids is 1. The van der Waals surface area contributed by atoms with Gasteiger partial charge in [-0.25, -0.2) is 9.78 Å². The van der Waals surface area contributed by atoms with Gasteiger partial charge in [0.25, 0.3) is 5.91 Å². The second-order valence-corrected chi connectivity index (χ2v) is 6.43. The molecule has 7 nitrogen and oxygen atoms in total. The molecule has 2 rings (SSSR count). The molecule has 0 fully saturated rings. The van der Waals surface area contributed by atoms with Crippen molar-refractivity contribution in [1.29, 1.82) is 0 Å². The van der Waals surface area contributed by atoms with E-state index in [4.69, 9.17) is 5.11 Å². The van der Waals surface area contributed by atoms with Crippen molar-refractivity contribution in [3.05, 3.63) is 39.3 Å². The molecule has 2 aromatic heterocycles. The highest BCUT2D eigenvalue weighted by Crippen LogP contribution is 2.48. The molecule has 0 unspecified atom stereocenters. The average Bonchev–Trinajstić information content (AvgIpc) is 2.93. The minimum absolute atomic E-state index is 0.0587. The first-order chi connectivity index (χ1) is 13.5. The molecule has 0 saturated carbocycles. The molecule has 0 spiro atoms. The van der Waals surface area contributed by atoms with Crippen molar-refractivity contribution in [3.8, 4) is 0 Å². The van der Waals surface area contributed by atoms with E-state index in [0.29, 0.717) is 7.05 Å². The number of carbonyl (C=O) groups is 2. The molecule has 0 aromatic carbocycles. The fraction of sp³-hybridized carbons (Fsp3) is 0.286. The molecule has 1 amide bonds. The Labute approximate surface area is 168 Å². The number of aromatic nitrogens is 3. The van der Waals surface area contributed by atoms with Crippen LogP contribution in [0, 0.1) is 0 Å². The van der Waals surface area contributed by atoms with Crippen LogP contribution in [0.2, 0.25) is 0 Å². The van der Waals surface area contributed by atoms with Gasteiger partial charge < -0.3 is 10.4 Å². The number of hydrogen-bond acceptors (Lipinski definition) is 4. The number of anilines is 1. The number of carbonyl (C=O) groups excluding carboxylic acids is 1. The number of pyridine rings is 1.